The van der Waals surface area contributed by atoms with E-state index < -0.39 is 0 Å². The molecule has 2 aliphatic carbocycles. The Kier molecular flexibility index (Phi) is 1.66. The zero-order valence-electron chi connectivity index (χ0n) is 7.37. The maximum Gasteiger partial charge on any atom is 0.147 e. The van der Waals surface area contributed by atoms with E-state index in [4.69, 9.17) is 9.47 Å². The molecule has 0 aromatic rings. The van der Waals surface area contributed by atoms with Crippen LogP contribution in [0.2, 0.25) is 0 Å². The molecule has 0 spiro atoms. The van der Waals surface area contributed by atoms with E-state index in [0.717, 1.165) is 24.4 Å². The molecular weight excluding hydrogens is 152 g/mol. The summed E-state index contributed by atoms with van der Waals surface area (Å²) in [7, 11) is 0. The summed E-state index contributed by atoms with van der Waals surface area (Å²) in [6.07, 6.45) is 6.27. The van der Waals surface area contributed by atoms with Crippen molar-refractivity contribution in [3.8, 4) is 0 Å². The van der Waals surface area contributed by atoms with Gasteiger partial charge in [-0.2, -0.15) is 0 Å². The van der Waals surface area contributed by atoms with Crippen LogP contribution in [0.4, 0.5) is 0 Å². The van der Waals surface area contributed by atoms with Crippen LogP contribution < -0.4 is 0 Å². The molecular formula is C10H16O2. The minimum atomic E-state index is 0.445. The van der Waals surface area contributed by atoms with Crippen molar-refractivity contribution in [2.45, 2.75) is 31.8 Å². The van der Waals surface area contributed by atoms with Crippen LogP contribution in [0, 0.1) is 17.8 Å². The summed E-state index contributed by atoms with van der Waals surface area (Å²) >= 11 is 0. The average Bonchev–Trinajstić information content (AvgIpc) is 2.81. The van der Waals surface area contributed by atoms with Crippen molar-refractivity contribution >= 4 is 0 Å². The van der Waals surface area contributed by atoms with Crippen LogP contribution in [0.15, 0.2) is 0 Å². The van der Waals surface area contributed by atoms with Crippen molar-refractivity contribution in [2.24, 2.45) is 17.8 Å². The molecule has 68 valence electrons. The molecule has 2 bridgehead atoms. The zero-order valence-corrected chi connectivity index (χ0v) is 7.37. The standard InChI is InChI=1S/C10H16O2/c1-2-8-3-7(1)4-9(8)10-5-11-6-12-10/h7-10H,1-6H2. The molecule has 3 aliphatic rings. The third kappa shape index (κ3) is 1.01. The fraction of sp³-hybridized carbons (Fsp3) is 1.00. The summed E-state index contributed by atoms with van der Waals surface area (Å²) in [5.41, 5.74) is 0. The molecule has 1 heterocycles. The fourth-order valence-corrected chi connectivity index (χ4v) is 3.34. The number of hydrogen-bond donors (Lipinski definition) is 0. The Morgan fingerprint density at radius 3 is 2.67 bits per heavy atom. The Bertz CT molecular complexity index is 175. The Balaban J connectivity index is 1.69. The molecule has 0 aromatic carbocycles. The molecule has 2 nitrogen and oxygen atoms in total. The fourth-order valence-electron chi connectivity index (χ4n) is 3.34. The van der Waals surface area contributed by atoms with Gasteiger partial charge in [0.05, 0.1) is 12.7 Å². The minimum absolute atomic E-state index is 0.445. The molecule has 0 N–H and O–H groups in total. The van der Waals surface area contributed by atoms with Crippen molar-refractivity contribution < 1.29 is 9.47 Å². The maximum absolute atomic E-state index is 5.57. The first kappa shape index (κ1) is 7.34. The lowest BCUT2D eigenvalue weighted by atomic mass is 9.85. The Morgan fingerprint density at radius 2 is 2.08 bits per heavy atom. The van der Waals surface area contributed by atoms with Crippen LogP contribution in [-0.2, 0) is 9.47 Å². The monoisotopic (exact) mass is 168 g/mol. The molecule has 1 saturated heterocycles. The summed E-state index contributed by atoms with van der Waals surface area (Å²) in [5.74, 6) is 2.84. The van der Waals surface area contributed by atoms with Crippen LogP contribution >= 0.6 is 0 Å². The highest BCUT2D eigenvalue weighted by atomic mass is 16.7. The smallest absolute Gasteiger partial charge is 0.147 e. The Morgan fingerprint density at radius 1 is 1.08 bits per heavy atom. The highest BCUT2D eigenvalue weighted by Crippen LogP contribution is 2.50. The highest BCUT2D eigenvalue weighted by Gasteiger charge is 2.44. The van der Waals surface area contributed by atoms with Gasteiger partial charge in [-0.25, -0.2) is 0 Å². The number of ether oxygens (including phenoxy) is 2. The number of rotatable bonds is 1. The quantitative estimate of drug-likeness (QED) is 0.594. The van der Waals surface area contributed by atoms with Crippen LogP contribution in [0.3, 0.4) is 0 Å². The first-order valence-electron chi connectivity index (χ1n) is 5.13. The van der Waals surface area contributed by atoms with Gasteiger partial charge in [-0.15, -0.1) is 0 Å². The van der Waals surface area contributed by atoms with E-state index in [2.05, 4.69) is 0 Å². The van der Waals surface area contributed by atoms with Crippen molar-refractivity contribution in [1.82, 2.24) is 0 Å². The predicted molar refractivity (Wildman–Crippen MR) is 44.6 cm³/mol. The average molecular weight is 168 g/mol. The molecule has 0 aromatic heterocycles. The SMILES string of the molecule is C1OCC(C2CC3CCC2C3)O1. The Labute approximate surface area is 73.2 Å². The summed E-state index contributed by atoms with van der Waals surface area (Å²) in [5, 5.41) is 0. The molecule has 0 radical (unpaired) electrons. The van der Waals surface area contributed by atoms with Gasteiger partial charge in [0, 0.05) is 0 Å². The zero-order chi connectivity index (χ0) is 7.97. The second-order valence-electron chi connectivity index (χ2n) is 4.53. The van der Waals surface area contributed by atoms with E-state index in [0.29, 0.717) is 12.9 Å². The summed E-state index contributed by atoms with van der Waals surface area (Å²) in [4.78, 5) is 0. The summed E-state index contributed by atoms with van der Waals surface area (Å²) in [6, 6.07) is 0. The van der Waals surface area contributed by atoms with Crippen LogP contribution in [0.1, 0.15) is 25.7 Å². The predicted octanol–water partition coefficient (Wildman–Crippen LogP) is 1.80. The van der Waals surface area contributed by atoms with Gasteiger partial charge in [-0.05, 0) is 37.0 Å². The molecule has 12 heavy (non-hydrogen) atoms. The van der Waals surface area contributed by atoms with Crippen molar-refractivity contribution in [1.29, 1.82) is 0 Å². The van der Waals surface area contributed by atoms with Crippen LogP contribution in [0.25, 0.3) is 0 Å². The highest BCUT2D eigenvalue weighted by molar-refractivity contribution is 4.93. The first-order valence-corrected chi connectivity index (χ1v) is 5.13. The molecule has 0 amide bonds. The van der Waals surface area contributed by atoms with Crippen molar-refractivity contribution in [3.05, 3.63) is 0 Å². The van der Waals surface area contributed by atoms with Crippen LogP contribution in [0.5, 0.6) is 0 Å². The minimum Gasteiger partial charge on any atom is -0.353 e. The normalized spacial score (nSPS) is 52.0. The Hall–Kier alpha value is -0.0800. The molecule has 2 heteroatoms. The maximum atomic E-state index is 5.57. The molecule has 3 fully saturated rings. The lowest BCUT2D eigenvalue weighted by Crippen LogP contribution is -2.27. The van der Waals surface area contributed by atoms with Gasteiger partial charge in [0.15, 0.2) is 0 Å². The molecule has 2 saturated carbocycles. The van der Waals surface area contributed by atoms with Gasteiger partial charge in [0.1, 0.15) is 6.79 Å². The van der Waals surface area contributed by atoms with Gasteiger partial charge in [0.2, 0.25) is 0 Å². The van der Waals surface area contributed by atoms with Gasteiger partial charge < -0.3 is 9.47 Å². The molecule has 3 rings (SSSR count). The molecule has 1 aliphatic heterocycles. The van der Waals surface area contributed by atoms with E-state index in [1.54, 1.807) is 0 Å². The summed E-state index contributed by atoms with van der Waals surface area (Å²) in [6.45, 7) is 1.40. The second-order valence-corrected chi connectivity index (χ2v) is 4.53. The van der Waals surface area contributed by atoms with E-state index in [-0.39, 0.29) is 0 Å². The largest absolute Gasteiger partial charge is 0.353 e. The van der Waals surface area contributed by atoms with Crippen molar-refractivity contribution in [2.75, 3.05) is 13.4 Å². The third-order valence-electron chi connectivity index (χ3n) is 3.92. The first-order chi connectivity index (χ1) is 5.93. The van der Waals surface area contributed by atoms with E-state index in [9.17, 15) is 0 Å². The molecule has 4 atom stereocenters. The third-order valence-corrected chi connectivity index (χ3v) is 3.92. The number of hydrogen-bond acceptors (Lipinski definition) is 2. The van der Waals surface area contributed by atoms with Crippen molar-refractivity contribution in [3.63, 3.8) is 0 Å². The number of fused-ring (bicyclic) bond motifs is 2. The van der Waals surface area contributed by atoms with E-state index in [1.807, 2.05) is 0 Å². The second kappa shape index (κ2) is 2.71. The molecule has 4 unspecified atom stereocenters. The van der Waals surface area contributed by atoms with E-state index >= 15 is 0 Å². The lowest BCUT2D eigenvalue weighted by Gasteiger charge is -2.25. The van der Waals surface area contributed by atoms with Crippen LogP contribution in [-0.4, -0.2) is 19.5 Å². The summed E-state index contributed by atoms with van der Waals surface area (Å²) < 4.78 is 10.8. The van der Waals surface area contributed by atoms with Gasteiger partial charge in [-0.1, -0.05) is 6.42 Å². The van der Waals surface area contributed by atoms with Gasteiger partial charge in [0.25, 0.3) is 0 Å². The van der Waals surface area contributed by atoms with Gasteiger partial charge in [-0.3, -0.25) is 0 Å². The van der Waals surface area contributed by atoms with E-state index in [1.165, 1.54) is 25.7 Å². The van der Waals surface area contributed by atoms with Gasteiger partial charge >= 0.3 is 0 Å². The topological polar surface area (TPSA) is 18.5 Å². The lowest BCUT2D eigenvalue weighted by molar-refractivity contribution is 0.0168.